The molecular weight excluding hydrogens is 432 g/mol. The first-order chi connectivity index (χ1) is 15.5. The molecule has 32 heavy (non-hydrogen) atoms. The highest BCUT2D eigenvalue weighted by Crippen LogP contribution is 2.32. The zero-order chi connectivity index (χ0) is 22.9. The largest absolute Gasteiger partial charge is 0.490 e. The van der Waals surface area contributed by atoms with Crippen LogP contribution in [-0.2, 0) is 20.7 Å². The summed E-state index contributed by atoms with van der Waals surface area (Å²) in [5, 5.41) is 5.46. The van der Waals surface area contributed by atoms with Crippen molar-refractivity contribution in [3.05, 3.63) is 47.5 Å². The average molecular weight is 459 g/mol. The number of ether oxygens (including phenoxy) is 3. The Morgan fingerprint density at radius 3 is 2.62 bits per heavy atom. The number of hydrogen-bond donors (Lipinski definition) is 2. The van der Waals surface area contributed by atoms with E-state index < -0.39 is 11.9 Å². The van der Waals surface area contributed by atoms with Crippen LogP contribution in [0.2, 0.25) is 0 Å². The molecule has 8 nitrogen and oxygen atoms in total. The summed E-state index contributed by atoms with van der Waals surface area (Å²) in [6.45, 7) is 4.90. The minimum atomic E-state index is -0.624. The molecule has 170 valence electrons. The number of esters is 1. The Kier molecular flexibility index (Phi) is 8.38. The number of fused-ring (bicyclic) bond motifs is 1. The van der Waals surface area contributed by atoms with Crippen molar-refractivity contribution in [3.8, 4) is 11.5 Å². The number of nitrogens with one attached hydrogen (secondary N) is 2. The Labute approximate surface area is 191 Å². The maximum Gasteiger partial charge on any atom is 0.338 e. The minimum absolute atomic E-state index is 0.117. The molecule has 0 saturated heterocycles. The van der Waals surface area contributed by atoms with Crippen LogP contribution in [0.15, 0.2) is 41.3 Å². The Balaban J connectivity index is 1.45. The Morgan fingerprint density at radius 1 is 1.06 bits per heavy atom. The van der Waals surface area contributed by atoms with Gasteiger partial charge in [-0.2, -0.15) is 0 Å². The first-order valence-electron chi connectivity index (χ1n) is 10.4. The van der Waals surface area contributed by atoms with E-state index in [-0.39, 0.29) is 18.1 Å². The Hall–Kier alpha value is -3.20. The van der Waals surface area contributed by atoms with Gasteiger partial charge in [0.15, 0.2) is 18.1 Å². The first kappa shape index (κ1) is 23.5. The molecule has 1 aliphatic heterocycles. The zero-order valence-electron chi connectivity index (χ0n) is 18.1. The molecule has 2 aromatic rings. The van der Waals surface area contributed by atoms with Crippen LogP contribution in [0, 0.1) is 0 Å². The van der Waals surface area contributed by atoms with Gasteiger partial charge in [0, 0.05) is 11.4 Å². The lowest BCUT2D eigenvalue weighted by molar-refractivity contribution is -0.124. The van der Waals surface area contributed by atoms with Crippen molar-refractivity contribution in [2.75, 3.05) is 37.4 Å². The highest BCUT2D eigenvalue weighted by molar-refractivity contribution is 8.00. The lowest BCUT2D eigenvalue weighted by Gasteiger charge is -2.16. The SMILES string of the molecule is CCOc1ccc(CCNC(=O)COC(=O)c2ccc3c(c2)NC(=O)CS3)cc1OCC. The number of thioether (sulfide) groups is 1. The molecule has 1 heterocycles. The third kappa shape index (κ3) is 6.40. The normalized spacial score (nSPS) is 12.4. The summed E-state index contributed by atoms with van der Waals surface area (Å²) in [5.74, 6) is 0.576. The molecule has 1 aliphatic rings. The molecule has 0 unspecified atom stereocenters. The molecule has 3 rings (SSSR count). The van der Waals surface area contributed by atoms with E-state index in [9.17, 15) is 14.4 Å². The monoisotopic (exact) mass is 458 g/mol. The van der Waals surface area contributed by atoms with E-state index in [1.54, 1.807) is 18.2 Å². The fraction of sp³-hybridized carbons (Fsp3) is 0.348. The molecule has 0 spiro atoms. The molecule has 0 aromatic heterocycles. The second-order valence-corrected chi connectivity index (χ2v) is 7.89. The Morgan fingerprint density at radius 2 is 1.84 bits per heavy atom. The van der Waals surface area contributed by atoms with Crippen LogP contribution in [0.25, 0.3) is 0 Å². The molecule has 0 atom stereocenters. The summed E-state index contributed by atoms with van der Waals surface area (Å²) in [4.78, 5) is 36.7. The fourth-order valence-corrected chi connectivity index (χ4v) is 3.86. The van der Waals surface area contributed by atoms with Gasteiger partial charge in [0.1, 0.15) is 0 Å². The van der Waals surface area contributed by atoms with Crippen molar-refractivity contribution in [2.45, 2.75) is 25.2 Å². The average Bonchev–Trinajstić information content (AvgIpc) is 2.79. The first-order valence-corrected chi connectivity index (χ1v) is 11.4. The predicted octanol–water partition coefficient (Wildman–Crippen LogP) is 3.04. The third-order valence-electron chi connectivity index (χ3n) is 4.53. The van der Waals surface area contributed by atoms with E-state index in [0.717, 1.165) is 10.5 Å². The van der Waals surface area contributed by atoms with E-state index in [1.807, 2.05) is 32.0 Å². The quantitative estimate of drug-likeness (QED) is 0.528. The molecule has 0 saturated carbocycles. The van der Waals surface area contributed by atoms with Crippen molar-refractivity contribution >= 4 is 35.2 Å². The van der Waals surface area contributed by atoms with Gasteiger partial charge in [-0.25, -0.2) is 4.79 Å². The number of rotatable bonds is 10. The fourth-order valence-electron chi connectivity index (χ4n) is 3.07. The van der Waals surface area contributed by atoms with Gasteiger partial charge < -0.3 is 24.8 Å². The molecular formula is C23H26N2O6S. The summed E-state index contributed by atoms with van der Waals surface area (Å²) in [6.07, 6.45) is 0.592. The number of carbonyl (C=O) groups is 3. The number of amides is 2. The van der Waals surface area contributed by atoms with Crippen molar-refractivity contribution in [2.24, 2.45) is 0 Å². The molecule has 0 aliphatic carbocycles. The van der Waals surface area contributed by atoms with Crippen LogP contribution in [-0.4, -0.2) is 49.9 Å². The predicted molar refractivity (Wildman–Crippen MR) is 122 cm³/mol. The van der Waals surface area contributed by atoms with Crippen LogP contribution in [0.5, 0.6) is 11.5 Å². The van der Waals surface area contributed by atoms with Gasteiger partial charge in [-0.05, 0) is 56.2 Å². The van der Waals surface area contributed by atoms with Crippen LogP contribution in [0.4, 0.5) is 5.69 Å². The van der Waals surface area contributed by atoms with Gasteiger partial charge >= 0.3 is 5.97 Å². The minimum Gasteiger partial charge on any atom is -0.490 e. The topological polar surface area (TPSA) is 103 Å². The molecule has 9 heteroatoms. The highest BCUT2D eigenvalue weighted by Gasteiger charge is 2.18. The molecule has 0 bridgehead atoms. The summed E-state index contributed by atoms with van der Waals surface area (Å²) in [5.41, 5.74) is 1.84. The van der Waals surface area contributed by atoms with E-state index in [4.69, 9.17) is 14.2 Å². The summed E-state index contributed by atoms with van der Waals surface area (Å²) >= 11 is 1.41. The van der Waals surface area contributed by atoms with Gasteiger partial charge in [-0.15, -0.1) is 11.8 Å². The smallest absolute Gasteiger partial charge is 0.338 e. The van der Waals surface area contributed by atoms with E-state index in [2.05, 4.69) is 10.6 Å². The lowest BCUT2D eigenvalue weighted by Crippen LogP contribution is -2.30. The van der Waals surface area contributed by atoms with Crippen molar-refractivity contribution < 1.29 is 28.6 Å². The third-order valence-corrected chi connectivity index (χ3v) is 5.60. The summed E-state index contributed by atoms with van der Waals surface area (Å²) < 4.78 is 16.3. The number of carbonyl (C=O) groups excluding carboxylic acids is 3. The number of anilines is 1. The maximum atomic E-state index is 12.2. The van der Waals surface area contributed by atoms with Crippen LogP contribution >= 0.6 is 11.8 Å². The van der Waals surface area contributed by atoms with Gasteiger partial charge in [-0.1, -0.05) is 6.07 Å². The van der Waals surface area contributed by atoms with Gasteiger partial charge in [0.2, 0.25) is 5.91 Å². The number of hydrogen-bond acceptors (Lipinski definition) is 7. The van der Waals surface area contributed by atoms with Crippen LogP contribution in [0.1, 0.15) is 29.8 Å². The van der Waals surface area contributed by atoms with Crippen LogP contribution < -0.4 is 20.1 Å². The second kappa shape index (κ2) is 11.4. The second-order valence-electron chi connectivity index (χ2n) is 6.87. The Bertz CT molecular complexity index is 994. The van der Waals surface area contributed by atoms with Crippen molar-refractivity contribution in [1.29, 1.82) is 0 Å². The van der Waals surface area contributed by atoms with E-state index >= 15 is 0 Å². The number of benzene rings is 2. The summed E-state index contributed by atoms with van der Waals surface area (Å²) in [6, 6.07) is 10.6. The maximum absolute atomic E-state index is 12.2. The molecule has 2 N–H and O–H groups in total. The van der Waals surface area contributed by atoms with Gasteiger partial charge in [0.25, 0.3) is 5.91 Å². The molecule has 0 fully saturated rings. The van der Waals surface area contributed by atoms with E-state index in [0.29, 0.717) is 49.1 Å². The van der Waals surface area contributed by atoms with Gasteiger partial charge in [0.05, 0.1) is 30.2 Å². The molecule has 2 amide bonds. The molecule has 2 aromatic carbocycles. The zero-order valence-corrected chi connectivity index (χ0v) is 18.9. The summed E-state index contributed by atoms with van der Waals surface area (Å²) in [7, 11) is 0. The van der Waals surface area contributed by atoms with Crippen LogP contribution in [0.3, 0.4) is 0 Å². The van der Waals surface area contributed by atoms with Crippen molar-refractivity contribution in [1.82, 2.24) is 5.32 Å². The van der Waals surface area contributed by atoms with Gasteiger partial charge in [-0.3, -0.25) is 9.59 Å². The van der Waals surface area contributed by atoms with Crippen molar-refractivity contribution in [3.63, 3.8) is 0 Å². The van der Waals surface area contributed by atoms with E-state index in [1.165, 1.54) is 11.8 Å². The molecule has 0 radical (unpaired) electrons. The highest BCUT2D eigenvalue weighted by atomic mass is 32.2. The standard InChI is InChI=1S/C23H26N2O6S/c1-3-29-18-7-5-15(11-19(18)30-4-2)9-10-24-21(26)13-31-23(28)16-6-8-20-17(12-16)25-22(27)14-32-20/h5-8,11-12H,3-4,9-10,13-14H2,1-2H3,(H,24,26)(H,25,27). The lowest BCUT2D eigenvalue weighted by atomic mass is 10.1.